The number of benzene rings is 1. The van der Waals surface area contributed by atoms with Gasteiger partial charge in [0.1, 0.15) is 5.56 Å². The minimum Gasteiger partial charge on any atom is -0.493 e. The lowest BCUT2D eigenvalue weighted by atomic mass is 10.2. The topological polar surface area (TPSA) is 98.5 Å². The monoisotopic (exact) mass is 402 g/mol. The number of carbonyl (C=O) groups is 3. The highest BCUT2D eigenvalue weighted by molar-refractivity contribution is 5.95. The molecule has 0 spiro atoms. The van der Waals surface area contributed by atoms with Gasteiger partial charge in [0.25, 0.3) is 11.8 Å². The van der Waals surface area contributed by atoms with Crippen LogP contribution in [-0.4, -0.2) is 74.6 Å². The predicted molar refractivity (Wildman–Crippen MR) is 101 cm³/mol. The maximum absolute atomic E-state index is 12.4. The van der Waals surface area contributed by atoms with Crippen molar-refractivity contribution in [1.82, 2.24) is 9.80 Å². The Morgan fingerprint density at radius 1 is 0.966 bits per heavy atom. The molecule has 1 fully saturated rings. The maximum Gasteiger partial charge on any atom is 0.342 e. The molecule has 2 aromatic rings. The quantitative estimate of drug-likeness (QED) is 0.674. The lowest BCUT2D eigenvalue weighted by Gasteiger charge is -2.34. The number of esters is 1. The SMILES string of the molecule is COc1cccc(C(=O)OCC(=O)N2CCN(C(=O)c3ccco3)CC2)c1OC. The third kappa shape index (κ3) is 4.50. The summed E-state index contributed by atoms with van der Waals surface area (Å²) in [5.74, 6) is -0.307. The number of nitrogens with zero attached hydrogens (tertiary/aromatic N) is 2. The molecule has 0 radical (unpaired) electrons. The normalized spacial score (nSPS) is 13.7. The zero-order valence-corrected chi connectivity index (χ0v) is 16.3. The minimum atomic E-state index is -0.680. The van der Waals surface area contributed by atoms with Crippen LogP contribution in [0.15, 0.2) is 41.0 Å². The van der Waals surface area contributed by atoms with E-state index in [1.54, 1.807) is 34.1 Å². The molecule has 2 amide bonds. The molecule has 0 bridgehead atoms. The summed E-state index contributed by atoms with van der Waals surface area (Å²) in [7, 11) is 2.88. The van der Waals surface area contributed by atoms with Gasteiger partial charge in [-0.25, -0.2) is 4.79 Å². The Morgan fingerprint density at radius 2 is 1.69 bits per heavy atom. The van der Waals surface area contributed by atoms with Crippen LogP contribution < -0.4 is 9.47 Å². The van der Waals surface area contributed by atoms with Crippen molar-refractivity contribution < 1.29 is 33.0 Å². The van der Waals surface area contributed by atoms with E-state index in [9.17, 15) is 14.4 Å². The molecule has 0 unspecified atom stereocenters. The molecule has 2 heterocycles. The number of rotatable bonds is 6. The fraction of sp³-hybridized carbons (Fsp3) is 0.350. The number of carbonyl (C=O) groups excluding carboxylic acids is 3. The average Bonchev–Trinajstić information content (AvgIpc) is 3.31. The Labute approximate surface area is 167 Å². The molecule has 1 aliphatic heterocycles. The highest BCUT2D eigenvalue weighted by Crippen LogP contribution is 2.31. The molecule has 154 valence electrons. The van der Waals surface area contributed by atoms with Crippen LogP contribution in [0.25, 0.3) is 0 Å². The van der Waals surface area contributed by atoms with E-state index in [4.69, 9.17) is 18.6 Å². The number of para-hydroxylation sites is 1. The molecule has 1 aromatic heterocycles. The Kier molecular flexibility index (Phi) is 6.38. The van der Waals surface area contributed by atoms with Crippen LogP contribution in [-0.2, 0) is 9.53 Å². The van der Waals surface area contributed by atoms with Gasteiger partial charge in [0.2, 0.25) is 0 Å². The van der Waals surface area contributed by atoms with Gasteiger partial charge < -0.3 is 28.4 Å². The van der Waals surface area contributed by atoms with E-state index in [0.717, 1.165) is 0 Å². The van der Waals surface area contributed by atoms with E-state index in [1.807, 2.05) is 0 Å². The minimum absolute atomic E-state index is 0.175. The number of ether oxygens (including phenoxy) is 3. The van der Waals surface area contributed by atoms with Crippen molar-refractivity contribution in [3.8, 4) is 11.5 Å². The van der Waals surface area contributed by atoms with Gasteiger partial charge in [-0.3, -0.25) is 9.59 Å². The zero-order chi connectivity index (χ0) is 20.8. The fourth-order valence-corrected chi connectivity index (χ4v) is 3.06. The van der Waals surface area contributed by atoms with Crippen molar-refractivity contribution in [2.24, 2.45) is 0 Å². The first kappa shape index (κ1) is 20.2. The molecule has 0 aliphatic carbocycles. The van der Waals surface area contributed by atoms with Crippen LogP contribution >= 0.6 is 0 Å². The van der Waals surface area contributed by atoms with E-state index >= 15 is 0 Å². The maximum atomic E-state index is 12.4. The van der Waals surface area contributed by atoms with E-state index in [-0.39, 0.29) is 28.9 Å². The van der Waals surface area contributed by atoms with Crippen LogP contribution in [0.3, 0.4) is 0 Å². The van der Waals surface area contributed by atoms with Gasteiger partial charge in [-0.1, -0.05) is 6.07 Å². The van der Waals surface area contributed by atoms with Crippen LogP contribution in [0.4, 0.5) is 0 Å². The van der Waals surface area contributed by atoms with Gasteiger partial charge in [0.05, 0.1) is 20.5 Å². The Morgan fingerprint density at radius 3 is 2.31 bits per heavy atom. The second-order valence-corrected chi connectivity index (χ2v) is 6.27. The molecule has 9 heteroatoms. The second kappa shape index (κ2) is 9.13. The molecule has 9 nitrogen and oxygen atoms in total. The predicted octanol–water partition coefficient (Wildman–Crippen LogP) is 1.44. The third-order valence-electron chi connectivity index (χ3n) is 4.60. The highest BCUT2D eigenvalue weighted by atomic mass is 16.5. The summed E-state index contributed by atoms with van der Waals surface area (Å²) in [4.78, 5) is 40.2. The molecule has 1 aliphatic rings. The van der Waals surface area contributed by atoms with E-state index in [0.29, 0.717) is 31.9 Å². The van der Waals surface area contributed by atoms with Gasteiger partial charge in [-0.15, -0.1) is 0 Å². The summed E-state index contributed by atoms with van der Waals surface area (Å²) in [5.41, 5.74) is 0.175. The number of amides is 2. The first-order valence-electron chi connectivity index (χ1n) is 9.03. The Balaban J connectivity index is 1.52. The van der Waals surface area contributed by atoms with Gasteiger partial charge in [-0.2, -0.15) is 0 Å². The van der Waals surface area contributed by atoms with Crippen molar-refractivity contribution in [3.63, 3.8) is 0 Å². The summed E-state index contributed by atoms with van der Waals surface area (Å²) < 4.78 is 20.6. The standard InChI is InChI=1S/C20H22N2O7/c1-26-15-6-3-5-14(18(15)27-2)20(25)29-13-17(23)21-8-10-22(11-9-21)19(24)16-7-4-12-28-16/h3-7,12H,8-11,13H2,1-2H3. The van der Waals surface area contributed by atoms with Crippen LogP contribution in [0.2, 0.25) is 0 Å². The first-order chi connectivity index (χ1) is 14.0. The van der Waals surface area contributed by atoms with Crippen molar-refractivity contribution in [1.29, 1.82) is 0 Å². The number of hydrogen-bond donors (Lipinski definition) is 0. The summed E-state index contributed by atoms with van der Waals surface area (Å²) in [6.45, 7) is 1.06. The molecule has 3 rings (SSSR count). The first-order valence-corrected chi connectivity index (χ1v) is 9.03. The summed E-state index contributed by atoms with van der Waals surface area (Å²) in [6, 6.07) is 8.08. The number of hydrogen-bond acceptors (Lipinski definition) is 7. The van der Waals surface area contributed by atoms with Crippen LogP contribution in [0.1, 0.15) is 20.9 Å². The molecule has 0 N–H and O–H groups in total. The Bertz CT molecular complexity index is 871. The third-order valence-corrected chi connectivity index (χ3v) is 4.60. The lowest BCUT2D eigenvalue weighted by Crippen LogP contribution is -2.51. The second-order valence-electron chi connectivity index (χ2n) is 6.27. The van der Waals surface area contributed by atoms with Crippen molar-refractivity contribution in [3.05, 3.63) is 47.9 Å². The zero-order valence-electron chi connectivity index (χ0n) is 16.3. The molecular formula is C20H22N2O7. The van der Waals surface area contributed by atoms with Gasteiger partial charge >= 0.3 is 5.97 Å². The fourth-order valence-electron chi connectivity index (χ4n) is 3.06. The smallest absolute Gasteiger partial charge is 0.342 e. The largest absolute Gasteiger partial charge is 0.493 e. The molecule has 29 heavy (non-hydrogen) atoms. The van der Waals surface area contributed by atoms with Gasteiger partial charge in [-0.05, 0) is 24.3 Å². The summed E-state index contributed by atoms with van der Waals surface area (Å²) in [6.07, 6.45) is 1.44. The van der Waals surface area contributed by atoms with Crippen molar-refractivity contribution in [2.45, 2.75) is 0 Å². The van der Waals surface area contributed by atoms with E-state index < -0.39 is 12.6 Å². The van der Waals surface area contributed by atoms with Crippen molar-refractivity contribution >= 4 is 17.8 Å². The van der Waals surface area contributed by atoms with E-state index in [1.165, 1.54) is 26.5 Å². The molecule has 0 saturated carbocycles. The summed E-state index contributed by atoms with van der Waals surface area (Å²) in [5, 5.41) is 0. The number of furan rings is 1. The molecule has 1 saturated heterocycles. The molecular weight excluding hydrogens is 380 g/mol. The van der Waals surface area contributed by atoms with E-state index in [2.05, 4.69) is 0 Å². The summed E-state index contributed by atoms with van der Waals surface area (Å²) >= 11 is 0. The number of piperazine rings is 1. The molecule has 1 aromatic carbocycles. The van der Waals surface area contributed by atoms with Crippen LogP contribution in [0, 0.1) is 0 Å². The number of methoxy groups -OCH3 is 2. The van der Waals surface area contributed by atoms with Gasteiger partial charge in [0, 0.05) is 26.2 Å². The molecule has 0 atom stereocenters. The van der Waals surface area contributed by atoms with Crippen LogP contribution in [0.5, 0.6) is 11.5 Å². The highest BCUT2D eigenvalue weighted by Gasteiger charge is 2.27. The average molecular weight is 402 g/mol. The van der Waals surface area contributed by atoms with Gasteiger partial charge in [0.15, 0.2) is 23.9 Å². The van der Waals surface area contributed by atoms with Crippen molar-refractivity contribution in [2.75, 3.05) is 47.0 Å². The Hall–Kier alpha value is -3.49. The lowest BCUT2D eigenvalue weighted by molar-refractivity contribution is -0.136.